The van der Waals surface area contributed by atoms with Crippen LogP contribution in [0, 0.1) is 12.8 Å². The highest BCUT2D eigenvalue weighted by Gasteiger charge is 2.48. The van der Waals surface area contributed by atoms with E-state index < -0.39 is 0 Å². The predicted molar refractivity (Wildman–Crippen MR) is 84.2 cm³/mol. The fourth-order valence-electron chi connectivity index (χ4n) is 3.25. The minimum absolute atomic E-state index is 0.0337. The number of nitrogens with one attached hydrogen (secondary N) is 1. The lowest BCUT2D eigenvalue weighted by Crippen LogP contribution is -2.50. The van der Waals surface area contributed by atoms with Gasteiger partial charge >= 0.3 is 0 Å². The Morgan fingerprint density at radius 2 is 2.10 bits per heavy atom. The van der Waals surface area contributed by atoms with Crippen molar-refractivity contribution in [3.63, 3.8) is 0 Å². The summed E-state index contributed by atoms with van der Waals surface area (Å²) in [5.74, 6) is 0.560. The molecule has 1 aromatic heterocycles. The Balaban J connectivity index is 1.83. The van der Waals surface area contributed by atoms with Crippen molar-refractivity contribution in [3.05, 3.63) is 21.9 Å². The summed E-state index contributed by atoms with van der Waals surface area (Å²) in [5.41, 5.74) is 0. The molecule has 1 aliphatic heterocycles. The first-order valence-corrected chi connectivity index (χ1v) is 8.50. The average Bonchev–Trinajstić information content (AvgIpc) is 2.93. The highest BCUT2D eigenvalue weighted by molar-refractivity contribution is 7.12. The molecule has 1 saturated heterocycles. The zero-order valence-electron chi connectivity index (χ0n) is 13.1. The van der Waals surface area contributed by atoms with Crippen LogP contribution in [0.5, 0.6) is 0 Å². The molecule has 0 bridgehead atoms. The number of thiophene rings is 1. The minimum atomic E-state index is -0.0704. The monoisotopic (exact) mass is 308 g/mol. The van der Waals surface area contributed by atoms with Gasteiger partial charge in [0.1, 0.15) is 6.17 Å². The fourth-order valence-corrected chi connectivity index (χ4v) is 4.19. The lowest BCUT2D eigenvalue weighted by Gasteiger charge is -2.42. The van der Waals surface area contributed by atoms with Crippen LogP contribution in [-0.2, 0) is 9.53 Å². The van der Waals surface area contributed by atoms with E-state index in [0.29, 0.717) is 18.1 Å². The van der Waals surface area contributed by atoms with Crippen LogP contribution in [-0.4, -0.2) is 36.1 Å². The summed E-state index contributed by atoms with van der Waals surface area (Å²) in [6.07, 6.45) is 2.25. The predicted octanol–water partition coefficient (Wildman–Crippen LogP) is 2.69. The molecule has 3 rings (SSSR count). The van der Waals surface area contributed by atoms with E-state index in [4.69, 9.17) is 4.74 Å². The molecule has 21 heavy (non-hydrogen) atoms. The van der Waals surface area contributed by atoms with Crippen molar-refractivity contribution >= 4 is 17.2 Å². The maximum Gasteiger partial charge on any atom is 0.241 e. The van der Waals surface area contributed by atoms with Gasteiger partial charge in [-0.05, 0) is 37.8 Å². The summed E-state index contributed by atoms with van der Waals surface area (Å²) in [6, 6.07) is 4.52. The Morgan fingerprint density at radius 3 is 2.62 bits per heavy atom. The standard InChI is InChI=1S/C16H24N2O2S/c1-9(2)14-16(19)18(11-7-12(8-11)20-4)15(17-14)13-6-5-10(3)21-13/h5-6,9,11-12,14-15,17H,7-8H2,1-4H3. The van der Waals surface area contributed by atoms with E-state index >= 15 is 0 Å². The highest BCUT2D eigenvalue weighted by Crippen LogP contribution is 2.39. The van der Waals surface area contributed by atoms with Gasteiger partial charge in [0.15, 0.2) is 0 Å². The number of aryl methyl sites for hydroxylation is 1. The first kappa shape index (κ1) is 15.0. The SMILES string of the molecule is COC1CC(N2C(=O)C(C(C)C)NC2c2ccc(C)s2)C1. The molecular formula is C16H24N2O2S. The van der Waals surface area contributed by atoms with Crippen LogP contribution in [0.25, 0.3) is 0 Å². The number of carbonyl (C=O) groups is 1. The molecule has 0 aromatic carbocycles. The van der Waals surface area contributed by atoms with Gasteiger partial charge in [-0.1, -0.05) is 13.8 Å². The topological polar surface area (TPSA) is 41.6 Å². The van der Waals surface area contributed by atoms with Crippen LogP contribution >= 0.6 is 11.3 Å². The molecule has 5 heteroatoms. The number of nitrogens with zero attached hydrogens (tertiary/aromatic N) is 1. The molecule has 0 spiro atoms. The molecule has 0 radical (unpaired) electrons. The Bertz CT molecular complexity index is 522. The van der Waals surface area contributed by atoms with Crippen molar-refractivity contribution in [1.82, 2.24) is 10.2 Å². The number of rotatable bonds is 4. The zero-order chi connectivity index (χ0) is 15.1. The maximum absolute atomic E-state index is 12.8. The minimum Gasteiger partial charge on any atom is -0.381 e. The molecule has 2 heterocycles. The van der Waals surface area contributed by atoms with E-state index in [-0.39, 0.29) is 18.1 Å². The summed E-state index contributed by atoms with van der Waals surface area (Å²) in [4.78, 5) is 17.4. The Labute approximate surface area is 130 Å². The third-order valence-electron chi connectivity index (χ3n) is 4.63. The van der Waals surface area contributed by atoms with E-state index in [2.05, 4.69) is 43.1 Å². The normalized spacial score (nSPS) is 32.8. The van der Waals surface area contributed by atoms with Gasteiger partial charge in [-0.3, -0.25) is 10.1 Å². The number of ether oxygens (including phenoxy) is 1. The zero-order valence-corrected chi connectivity index (χ0v) is 13.9. The number of hydrogen-bond acceptors (Lipinski definition) is 4. The fraction of sp³-hybridized carbons (Fsp3) is 0.688. The lowest BCUT2D eigenvalue weighted by molar-refractivity contribution is -0.138. The first-order chi connectivity index (χ1) is 10.0. The molecule has 1 saturated carbocycles. The van der Waals surface area contributed by atoms with Crippen molar-refractivity contribution in [3.8, 4) is 0 Å². The van der Waals surface area contributed by atoms with Crippen LogP contribution in [0.3, 0.4) is 0 Å². The van der Waals surface area contributed by atoms with Gasteiger partial charge in [0.25, 0.3) is 0 Å². The summed E-state index contributed by atoms with van der Waals surface area (Å²) in [7, 11) is 1.75. The molecule has 116 valence electrons. The molecule has 1 amide bonds. The van der Waals surface area contributed by atoms with Gasteiger partial charge < -0.3 is 9.64 Å². The Morgan fingerprint density at radius 1 is 1.38 bits per heavy atom. The molecule has 1 aliphatic carbocycles. The van der Waals surface area contributed by atoms with Crippen molar-refractivity contribution in [1.29, 1.82) is 0 Å². The molecule has 2 atom stereocenters. The summed E-state index contributed by atoms with van der Waals surface area (Å²) in [5, 5.41) is 3.55. The van der Waals surface area contributed by atoms with E-state index in [9.17, 15) is 4.79 Å². The van der Waals surface area contributed by atoms with Crippen molar-refractivity contribution in [2.75, 3.05) is 7.11 Å². The molecule has 2 aliphatic rings. The molecule has 4 nitrogen and oxygen atoms in total. The third-order valence-corrected chi connectivity index (χ3v) is 5.68. The molecule has 1 N–H and O–H groups in total. The van der Waals surface area contributed by atoms with Crippen molar-refractivity contribution in [2.24, 2.45) is 5.92 Å². The Hall–Kier alpha value is -0.910. The first-order valence-electron chi connectivity index (χ1n) is 7.68. The highest BCUT2D eigenvalue weighted by atomic mass is 32.1. The second kappa shape index (κ2) is 5.71. The molecule has 2 fully saturated rings. The summed E-state index contributed by atoms with van der Waals surface area (Å²) < 4.78 is 5.37. The van der Waals surface area contributed by atoms with Gasteiger partial charge in [-0.25, -0.2) is 0 Å². The van der Waals surface area contributed by atoms with Gasteiger partial charge in [0.05, 0.1) is 12.1 Å². The van der Waals surface area contributed by atoms with E-state index in [0.717, 1.165) is 12.8 Å². The van der Waals surface area contributed by atoms with Gasteiger partial charge in [0.2, 0.25) is 5.91 Å². The van der Waals surface area contributed by atoms with Gasteiger partial charge in [0, 0.05) is 22.9 Å². The molecule has 1 aromatic rings. The Kier molecular flexibility index (Phi) is 4.08. The smallest absolute Gasteiger partial charge is 0.241 e. The molecular weight excluding hydrogens is 284 g/mol. The van der Waals surface area contributed by atoms with Gasteiger partial charge in [-0.15, -0.1) is 11.3 Å². The van der Waals surface area contributed by atoms with E-state index in [1.165, 1.54) is 9.75 Å². The number of amides is 1. The molecule has 2 unspecified atom stereocenters. The summed E-state index contributed by atoms with van der Waals surface area (Å²) in [6.45, 7) is 6.32. The van der Waals surface area contributed by atoms with E-state index in [1.807, 2.05) is 0 Å². The second-order valence-corrected chi connectivity index (χ2v) is 7.79. The van der Waals surface area contributed by atoms with Crippen molar-refractivity contribution < 1.29 is 9.53 Å². The van der Waals surface area contributed by atoms with E-state index in [1.54, 1.807) is 18.4 Å². The quantitative estimate of drug-likeness (QED) is 0.930. The van der Waals surface area contributed by atoms with Crippen LogP contribution in [0.15, 0.2) is 12.1 Å². The van der Waals surface area contributed by atoms with Crippen LogP contribution in [0.1, 0.15) is 42.6 Å². The number of methoxy groups -OCH3 is 1. The summed E-state index contributed by atoms with van der Waals surface area (Å²) >= 11 is 1.78. The van der Waals surface area contributed by atoms with Crippen LogP contribution in [0.4, 0.5) is 0 Å². The van der Waals surface area contributed by atoms with Crippen LogP contribution < -0.4 is 5.32 Å². The maximum atomic E-state index is 12.8. The lowest BCUT2D eigenvalue weighted by atomic mass is 9.87. The van der Waals surface area contributed by atoms with Crippen LogP contribution in [0.2, 0.25) is 0 Å². The second-order valence-electron chi connectivity index (χ2n) is 6.47. The largest absolute Gasteiger partial charge is 0.381 e. The average molecular weight is 308 g/mol. The number of hydrogen-bond donors (Lipinski definition) is 1. The van der Waals surface area contributed by atoms with Crippen molar-refractivity contribution in [2.45, 2.75) is 58.0 Å². The third kappa shape index (κ3) is 2.62. The van der Waals surface area contributed by atoms with Gasteiger partial charge in [-0.2, -0.15) is 0 Å². The number of carbonyl (C=O) groups excluding carboxylic acids is 1.